The minimum Gasteiger partial charge on any atom is -0.370 e. The number of benzene rings is 1. The summed E-state index contributed by atoms with van der Waals surface area (Å²) in [7, 11) is 0. The van der Waals surface area contributed by atoms with Crippen LogP contribution < -0.4 is 11.1 Å². The molecule has 0 fully saturated rings. The van der Waals surface area contributed by atoms with Gasteiger partial charge in [0.1, 0.15) is 18.1 Å². The maximum absolute atomic E-state index is 12.6. The van der Waals surface area contributed by atoms with Gasteiger partial charge in [-0.2, -0.15) is 13.2 Å². The van der Waals surface area contributed by atoms with Crippen molar-refractivity contribution in [3.8, 4) is 0 Å². The third kappa shape index (κ3) is 5.47. The molecule has 10 heteroatoms. The second-order valence-corrected chi connectivity index (χ2v) is 5.93. The molecule has 0 amide bonds. The number of nitrogens with two attached hydrogens (primary N) is 1. The SMILES string of the molecule is CC(NC(N)=NCc1nccc(C(F)(F)F)n1)c1ccc(Cl)cc1Cl. The lowest BCUT2D eigenvalue weighted by molar-refractivity contribution is -0.141. The third-order valence-corrected chi connectivity index (χ3v) is 3.74. The molecule has 0 aliphatic heterocycles. The van der Waals surface area contributed by atoms with Crippen molar-refractivity contribution < 1.29 is 13.2 Å². The van der Waals surface area contributed by atoms with Crippen LogP contribution in [0.1, 0.15) is 30.0 Å². The summed E-state index contributed by atoms with van der Waals surface area (Å²) in [6.45, 7) is 1.61. The smallest absolute Gasteiger partial charge is 0.370 e. The van der Waals surface area contributed by atoms with Crippen molar-refractivity contribution in [2.45, 2.75) is 25.7 Å². The number of guanidine groups is 1. The summed E-state index contributed by atoms with van der Waals surface area (Å²) in [5.41, 5.74) is 5.48. The van der Waals surface area contributed by atoms with Crippen molar-refractivity contribution >= 4 is 29.2 Å². The Labute approximate surface area is 152 Å². The Morgan fingerprint density at radius 1 is 1.32 bits per heavy atom. The van der Waals surface area contributed by atoms with Crippen LogP contribution in [0.3, 0.4) is 0 Å². The zero-order valence-corrected chi connectivity index (χ0v) is 14.5. The van der Waals surface area contributed by atoms with Gasteiger partial charge in [0.05, 0.1) is 6.04 Å². The van der Waals surface area contributed by atoms with Gasteiger partial charge in [-0.1, -0.05) is 29.3 Å². The molecule has 25 heavy (non-hydrogen) atoms. The summed E-state index contributed by atoms with van der Waals surface area (Å²) in [5.74, 6) is -0.0590. The van der Waals surface area contributed by atoms with Crippen molar-refractivity contribution in [1.82, 2.24) is 15.3 Å². The van der Waals surface area contributed by atoms with Gasteiger partial charge in [0.15, 0.2) is 5.96 Å². The molecule has 5 nitrogen and oxygen atoms in total. The van der Waals surface area contributed by atoms with Gasteiger partial charge in [-0.25, -0.2) is 15.0 Å². The topological polar surface area (TPSA) is 76.2 Å². The van der Waals surface area contributed by atoms with Gasteiger partial charge in [0.2, 0.25) is 0 Å². The summed E-state index contributed by atoms with van der Waals surface area (Å²) in [6, 6.07) is 5.53. The van der Waals surface area contributed by atoms with E-state index in [1.54, 1.807) is 25.1 Å². The predicted molar refractivity (Wildman–Crippen MR) is 90.4 cm³/mol. The van der Waals surface area contributed by atoms with Gasteiger partial charge >= 0.3 is 6.18 Å². The van der Waals surface area contributed by atoms with E-state index in [4.69, 9.17) is 28.9 Å². The molecule has 2 aromatic rings. The van der Waals surface area contributed by atoms with Gasteiger partial charge < -0.3 is 11.1 Å². The predicted octanol–water partition coefficient (Wildman–Crippen LogP) is 3.97. The molecule has 1 atom stereocenters. The van der Waals surface area contributed by atoms with Crippen LogP contribution in [0.15, 0.2) is 35.5 Å². The highest BCUT2D eigenvalue weighted by molar-refractivity contribution is 6.35. The van der Waals surface area contributed by atoms with E-state index in [0.29, 0.717) is 10.0 Å². The molecular weight excluding hydrogens is 378 g/mol. The van der Waals surface area contributed by atoms with Crippen LogP contribution >= 0.6 is 23.2 Å². The Morgan fingerprint density at radius 3 is 2.68 bits per heavy atom. The molecule has 1 aromatic heterocycles. The highest BCUT2D eigenvalue weighted by atomic mass is 35.5. The quantitative estimate of drug-likeness (QED) is 0.610. The fourth-order valence-electron chi connectivity index (χ4n) is 1.99. The van der Waals surface area contributed by atoms with Gasteiger partial charge in [-0.3, -0.25) is 0 Å². The minimum absolute atomic E-state index is 0.0273. The molecular formula is C15H14Cl2F3N5. The zero-order valence-electron chi connectivity index (χ0n) is 13.0. The number of alkyl halides is 3. The number of aromatic nitrogens is 2. The van der Waals surface area contributed by atoms with Crippen LogP contribution in [-0.4, -0.2) is 15.9 Å². The molecule has 2 rings (SSSR count). The fourth-order valence-corrected chi connectivity index (χ4v) is 2.56. The van der Waals surface area contributed by atoms with Crippen molar-refractivity contribution in [1.29, 1.82) is 0 Å². The molecule has 0 radical (unpaired) electrons. The van der Waals surface area contributed by atoms with Crippen LogP contribution in [0.2, 0.25) is 10.0 Å². The molecule has 0 saturated heterocycles. The first-order valence-electron chi connectivity index (χ1n) is 7.07. The Kier molecular flexibility index (Phi) is 6.07. The maximum Gasteiger partial charge on any atom is 0.433 e. The van der Waals surface area contributed by atoms with Gasteiger partial charge in [0.25, 0.3) is 0 Å². The zero-order chi connectivity index (χ0) is 18.6. The van der Waals surface area contributed by atoms with E-state index < -0.39 is 11.9 Å². The molecule has 0 saturated carbocycles. The summed E-state index contributed by atoms with van der Waals surface area (Å²) >= 11 is 12.0. The first-order chi connectivity index (χ1) is 11.7. The summed E-state index contributed by atoms with van der Waals surface area (Å²) in [6.07, 6.45) is -3.51. The number of nitrogens with one attached hydrogen (secondary N) is 1. The van der Waals surface area contributed by atoms with E-state index in [2.05, 4.69) is 20.3 Å². The van der Waals surface area contributed by atoms with Gasteiger partial charge in [-0.05, 0) is 30.7 Å². The number of rotatable bonds is 4. The van der Waals surface area contributed by atoms with Gasteiger partial charge in [-0.15, -0.1) is 0 Å². The van der Waals surface area contributed by atoms with Crippen molar-refractivity contribution in [3.63, 3.8) is 0 Å². The van der Waals surface area contributed by atoms with E-state index in [1.807, 2.05) is 0 Å². The normalized spacial score (nSPS) is 13.6. The highest BCUT2D eigenvalue weighted by Crippen LogP contribution is 2.27. The van der Waals surface area contributed by atoms with E-state index in [0.717, 1.165) is 17.8 Å². The summed E-state index contributed by atoms with van der Waals surface area (Å²) in [5, 5.41) is 3.86. The molecule has 0 spiro atoms. The third-order valence-electron chi connectivity index (χ3n) is 3.18. The Balaban J connectivity index is 2.04. The molecule has 0 aliphatic carbocycles. The van der Waals surface area contributed by atoms with Gasteiger partial charge in [0, 0.05) is 16.2 Å². The van der Waals surface area contributed by atoms with Crippen LogP contribution in [0, 0.1) is 0 Å². The monoisotopic (exact) mass is 391 g/mol. The number of halogens is 5. The van der Waals surface area contributed by atoms with E-state index in [1.165, 1.54) is 0 Å². The van der Waals surface area contributed by atoms with E-state index in [9.17, 15) is 13.2 Å². The number of aliphatic imine (C=N–C) groups is 1. The van der Waals surface area contributed by atoms with Crippen molar-refractivity contribution in [2.24, 2.45) is 10.7 Å². The summed E-state index contributed by atoms with van der Waals surface area (Å²) in [4.78, 5) is 11.1. The second kappa shape index (κ2) is 7.88. The first kappa shape index (κ1) is 19.3. The molecule has 0 aliphatic rings. The molecule has 1 heterocycles. The lowest BCUT2D eigenvalue weighted by Crippen LogP contribution is -2.34. The highest BCUT2D eigenvalue weighted by Gasteiger charge is 2.32. The molecule has 1 unspecified atom stereocenters. The fraction of sp³-hybridized carbons (Fsp3) is 0.267. The average Bonchev–Trinajstić information content (AvgIpc) is 2.52. The average molecular weight is 392 g/mol. The molecule has 3 N–H and O–H groups in total. The molecule has 1 aromatic carbocycles. The summed E-state index contributed by atoms with van der Waals surface area (Å²) < 4.78 is 37.8. The molecule has 134 valence electrons. The first-order valence-corrected chi connectivity index (χ1v) is 7.83. The van der Waals surface area contributed by atoms with Crippen LogP contribution in [-0.2, 0) is 12.7 Å². The second-order valence-electron chi connectivity index (χ2n) is 5.09. The Bertz CT molecular complexity index is 780. The van der Waals surface area contributed by atoms with Crippen molar-refractivity contribution in [2.75, 3.05) is 0 Å². The lowest BCUT2D eigenvalue weighted by atomic mass is 10.1. The minimum atomic E-state index is -4.54. The number of hydrogen-bond acceptors (Lipinski definition) is 3. The number of hydrogen-bond donors (Lipinski definition) is 2. The largest absolute Gasteiger partial charge is 0.433 e. The Hall–Kier alpha value is -2.06. The van der Waals surface area contributed by atoms with Crippen molar-refractivity contribution in [3.05, 3.63) is 57.6 Å². The number of nitrogens with zero attached hydrogens (tertiary/aromatic N) is 3. The van der Waals surface area contributed by atoms with Crippen LogP contribution in [0.4, 0.5) is 13.2 Å². The van der Waals surface area contributed by atoms with E-state index >= 15 is 0 Å². The standard InChI is InChI=1S/C15H14Cl2F3N5/c1-8(10-3-2-9(16)6-11(10)17)24-14(21)23-7-13-22-5-4-12(25-13)15(18,19)20/h2-6,8H,7H2,1H3,(H3,21,23,24). The molecule has 0 bridgehead atoms. The van der Waals surface area contributed by atoms with E-state index in [-0.39, 0.29) is 24.4 Å². The van der Waals surface area contributed by atoms with Crippen LogP contribution in [0.25, 0.3) is 0 Å². The van der Waals surface area contributed by atoms with Crippen LogP contribution in [0.5, 0.6) is 0 Å². The lowest BCUT2D eigenvalue weighted by Gasteiger charge is -2.16. The maximum atomic E-state index is 12.6. The Morgan fingerprint density at radius 2 is 2.04 bits per heavy atom.